The molecular formula is C12H15N3O2S2. The molecule has 7 heteroatoms. The maximum Gasteiger partial charge on any atom is 0.277 e. The molecule has 0 aliphatic rings. The SMILES string of the molecule is C[C@@H](Sc1nnc(Cc2cccs2)o1)C(=O)N(C)C. The highest BCUT2D eigenvalue weighted by Crippen LogP contribution is 2.24. The van der Waals surface area contributed by atoms with Crippen LogP contribution in [0.4, 0.5) is 0 Å². The topological polar surface area (TPSA) is 59.2 Å². The molecule has 102 valence electrons. The molecule has 1 atom stereocenters. The van der Waals surface area contributed by atoms with E-state index >= 15 is 0 Å². The van der Waals surface area contributed by atoms with Gasteiger partial charge in [0.2, 0.25) is 11.8 Å². The smallest absolute Gasteiger partial charge is 0.277 e. The van der Waals surface area contributed by atoms with Crippen LogP contribution in [0.1, 0.15) is 17.7 Å². The van der Waals surface area contributed by atoms with Crippen LogP contribution >= 0.6 is 23.1 Å². The molecule has 0 aromatic carbocycles. The van der Waals surface area contributed by atoms with Crippen LogP contribution in [0.15, 0.2) is 27.2 Å². The Balaban J connectivity index is 1.95. The van der Waals surface area contributed by atoms with E-state index in [1.165, 1.54) is 16.6 Å². The summed E-state index contributed by atoms with van der Waals surface area (Å²) in [5.74, 6) is 0.609. The fourth-order valence-electron chi connectivity index (χ4n) is 1.48. The number of carbonyl (C=O) groups excluding carboxylic acids is 1. The van der Waals surface area contributed by atoms with E-state index in [0.29, 0.717) is 17.5 Å². The highest BCUT2D eigenvalue weighted by atomic mass is 32.2. The van der Waals surface area contributed by atoms with Crippen LogP contribution in [0.3, 0.4) is 0 Å². The number of hydrogen-bond donors (Lipinski definition) is 0. The summed E-state index contributed by atoms with van der Waals surface area (Å²) < 4.78 is 5.53. The summed E-state index contributed by atoms with van der Waals surface area (Å²) in [6.07, 6.45) is 0.640. The first kappa shape index (κ1) is 14.1. The average Bonchev–Trinajstić information content (AvgIpc) is 3.00. The Morgan fingerprint density at radius 1 is 1.53 bits per heavy atom. The van der Waals surface area contributed by atoms with E-state index in [-0.39, 0.29) is 11.2 Å². The van der Waals surface area contributed by atoms with Crippen LogP contribution in [0.25, 0.3) is 0 Å². The van der Waals surface area contributed by atoms with Gasteiger partial charge in [-0.25, -0.2) is 0 Å². The van der Waals surface area contributed by atoms with Crippen molar-refractivity contribution in [1.82, 2.24) is 15.1 Å². The van der Waals surface area contributed by atoms with Crippen molar-refractivity contribution in [3.05, 3.63) is 28.3 Å². The Bertz CT molecular complexity index is 537. The van der Waals surface area contributed by atoms with E-state index in [1.54, 1.807) is 30.3 Å². The molecule has 0 spiro atoms. The van der Waals surface area contributed by atoms with E-state index < -0.39 is 0 Å². The van der Waals surface area contributed by atoms with Crippen LogP contribution in [-0.2, 0) is 11.2 Å². The number of hydrogen-bond acceptors (Lipinski definition) is 6. The zero-order chi connectivity index (χ0) is 13.8. The van der Waals surface area contributed by atoms with Crippen LogP contribution in [0.2, 0.25) is 0 Å². The molecular weight excluding hydrogens is 282 g/mol. The first-order valence-electron chi connectivity index (χ1n) is 5.79. The second-order valence-electron chi connectivity index (χ2n) is 4.21. The van der Waals surface area contributed by atoms with Crippen molar-refractivity contribution in [1.29, 1.82) is 0 Å². The summed E-state index contributed by atoms with van der Waals surface area (Å²) >= 11 is 2.94. The van der Waals surface area contributed by atoms with Crippen molar-refractivity contribution in [2.45, 2.75) is 23.8 Å². The van der Waals surface area contributed by atoms with Crippen LogP contribution in [0.5, 0.6) is 0 Å². The molecule has 2 aromatic rings. The third kappa shape index (κ3) is 3.81. The standard InChI is InChI=1S/C12H15N3O2S2/c1-8(11(16)15(2)3)19-12-14-13-10(17-12)7-9-5-4-6-18-9/h4-6,8H,7H2,1-3H3/t8-/m1/s1. The van der Waals surface area contributed by atoms with Gasteiger partial charge in [0.1, 0.15) is 0 Å². The molecule has 0 radical (unpaired) electrons. The fraction of sp³-hybridized carbons (Fsp3) is 0.417. The van der Waals surface area contributed by atoms with Crippen molar-refractivity contribution in [2.75, 3.05) is 14.1 Å². The second kappa shape index (κ2) is 6.21. The van der Waals surface area contributed by atoms with Crippen molar-refractivity contribution in [3.8, 4) is 0 Å². The van der Waals surface area contributed by atoms with E-state index in [1.807, 2.05) is 24.4 Å². The van der Waals surface area contributed by atoms with Crippen molar-refractivity contribution < 1.29 is 9.21 Å². The van der Waals surface area contributed by atoms with E-state index in [9.17, 15) is 4.79 Å². The molecule has 5 nitrogen and oxygen atoms in total. The third-order valence-corrected chi connectivity index (χ3v) is 4.22. The zero-order valence-corrected chi connectivity index (χ0v) is 12.6. The van der Waals surface area contributed by atoms with Gasteiger partial charge in [-0.2, -0.15) is 0 Å². The average molecular weight is 297 g/mol. The zero-order valence-electron chi connectivity index (χ0n) is 11.0. The Kier molecular flexibility index (Phi) is 4.60. The molecule has 0 saturated heterocycles. The summed E-state index contributed by atoms with van der Waals surface area (Å²) in [5.41, 5.74) is 0. The minimum Gasteiger partial charge on any atom is -0.416 e. The molecule has 0 aliphatic heterocycles. The van der Waals surface area contributed by atoms with Gasteiger partial charge in [-0.05, 0) is 18.4 Å². The predicted octanol–water partition coefficient (Wildman–Crippen LogP) is 2.29. The van der Waals surface area contributed by atoms with Gasteiger partial charge in [0.15, 0.2) is 0 Å². The molecule has 2 rings (SSSR count). The molecule has 0 aliphatic carbocycles. The van der Waals surface area contributed by atoms with Crippen LogP contribution in [0, 0.1) is 0 Å². The molecule has 1 amide bonds. The number of thiophene rings is 1. The Morgan fingerprint density at radius 2 is 2.32 bits per heavy atom. The Hall–Kier alpha value is -1.34. The molecule has 0 saturated carbocycles. The minimum atomic E-state index is -0.231. The lowest BCUT2D eigenvalue weighted by Gasteiger charge is -2.14. The molecule has 0 bridgehead atoms. The maximum absolute atomic E-state index is 11.7. The van der Waals surface area contributed by atoms with Gasteiger partial charge in [-0.15, -0.1) is 21.5 Å². The maximum atomic E-state index is 11.7. The highest BCUT2D eigenvalue weighted by Gasteiger charge is 2.19. The van der Waals surface area contributed by atoms with Gasteiger partial charge >= 0.3 is 0 Å². The largest absolute Gasteiger partial charge is 0.416 e. The normalized spacial score (nSPS) is 12.4. The third-order valence-electron chi connectivity index (χ3n) is 2.42. The van der Waals surface area contributed by atoms with Gasteiger partial charge in [0.25, 0.3) is 5.22 Å². The van der Waals surface area contributed by atoms with E-state index in [2.05, 4.69) is 10.2 Å². The predicted molar refractivity (Wildman–Crippen MR) is 75.4 cm³/mol. The quantitative estimate of drug-likeness (QED) is 0.793. The van der Waals surface area contributed by atoms with Gasteiger partial charge < -0.3 is 9.32 Å². The first-order valence-corrected chi connectivity index (χ1v) is 7.55. The first-order chi connectivity index (χ1) is 9.06. The van der Waals surface area contributed by atoms with Gasteiger partial charge in [0.05, 0.1) is 11.7 Å². The van der Waals surface area contributed by atoms with Gasteiger partial charge in [-0.3, -0.25) is 4.79 Å². The van der Waals surface area contributed by atoms with Gasteiger partial charge in [-0.1, -0.05) is 17.8 Å². The van der Waals surface area contributed by atoms with Crippen molar-refractivity contribution in [3.63, 3.8) is 0 Å². The molecule has 2 heterocycles. The fourth-order valence-corrected chi connectivity index (χ4v) is 3.03. The van der Waals surface area contributed by atoms with E-state index in [0.717, 1.165) is 0 Å². The number of rotatable bonds is 5. The number of aromatic nitrogens is 2. The number of carbonyl (C=O) groups is 1. The molecule has 2 aromatic heterocycles. The van der Waals surface area contributed by atoms with E-state index in [4.69, 9.17) is 4.42 Å². The molecule has 0 unspecified atom stereocenters. The lowest BCUT2D eigenvalue weighted by atomic mass is 10.3. The van der Waals surface area contributed by atoms with Crippen LogP contribution in [-0.4, -0.2) is 40.3 Å². The Morgan fingerprint density at radius 3 is 2.95 bits per heavy atom. The molecule has 0 N–H and O–H groups in total. The lowest BCUT2D eigenvalue weighted by Crippen LogP contribution is -2.29. The summed E-state index contributed by atoms with van der Waals surface area (Å²) in [6, 6.07) is 4.02. The Labute approximate surface area is 120 Å². The molecule has 19 heavy (non-hydrogen) atoms. The number of nitrogens with zero attached hydrogens (tertiary/aromatic N) is 3. The van der Waals surface area contributed by atoms with Crippen molar-refractivity contribution >= 4 is 29.0 Å². The summed E-state index contributed by atoms with van der Waals surface area (Å²) in [6.45, 7) is 1.83. The monoisotopic (exact) mass is 297 g/mol. The lowest BCUT2D eigenvalue weighted by molar-refractivity contribution is -0.127. The molecule has 0 fully saturated rings. The number of amides is 1. The highest BCUT2D eigenvalue weighted by molar-refractivity contribution is 8.00. The summed E-state index contributed by atoms with van der Waals surface area (Å²) in [5, 5.41) is 10.2. The number of thioether (sulfide) groups is 1. The summed E-state index contributed by atoms with van der Waals surface area (Å²) in [7, 11) is 3.46. The summed E-state index contributed by atoms with van der Waals surface area (Å²) in [4.78, 5) is 14.5. The van der Waals surface area contributed by atoms with Crippen LogP contribution < -0.4 is 0 Å². The van der Waals surface area contributed by atoms with Gasteiger partial charge in [0, 0.05) is 19.0 Å². The second-order valence-corrected chi connectivity index (χ2v) is 6.53. The van der Waals surface area contributed by atoms with Crippen molar-refractivity contribution in [2.24, 2.45) is 0 Å². The minimum absolute atomic E-state index is 0.0306.